The fourth-order valence-electron chi connectivity index (χ4n) is 9.61. The van der Waals surface area contributed by atoms with Gasteiger partial charge in [-0.15, -0.1) is 0 Å². The van der Waals surface area contributed by atoms with Crippen LogP contribution >= 0.6 is 11.8 Å². The van der Waals surface area contributed by atoms with Crippen LogP contribution in [0.4, 0.5) is 4.79 Å². The second-order valence-corrected chi connectivity index (χ2v) is 18.9. The molecule has 4 aliphatic rings. The van der Waals surface area contributed by atoms with Gasteiger partial charge >= 0.3 is 12.0 Å². The third-order valence-corrected chi connectivity index (χ3v) is 15.6. The molecule has 8 unspecified atom stereocenters. The van der Waals surface area contributed by atoms with E-state index in [4.69, 9.17) is 14.2 Å². The van der Waals surface area contributed by atoms with E-state index < -0.39 is 88.0 Å². The van der Waals surface area contributed by atoms with Crippen molar-refractivity contribution in [2.45, 2.75) is 163 Å². The summed E-state index contributed by atoms with van der Waals surface area (Å²) in [5.41, 5.74) is -15.9. The van der Waals surface area contributed by atoms with E-state index >= 15 is 0 Å². The zero-order valence-corrected chi connectivity index (χ0v) is 33.6. The molecule has 4 fully saturated rings. The number of rotatable bonds is 14. The lowest BCUT2D eigenvalue weighted by atomic mass is 9.54. The Morgan fingerprint density at radius 1 is 0.906 bits per heavy atom. The first-order valence-electron chi connectivity index (χ1n) is 18.3. The minimum absolute atomic E-state index is 0.0754. The zero-order valence-electron chi connectivity index (χ0n) is 32.7. The number of nitrogens with one attached hydrogen (secondary N) is 3. The number of carbonyl (C=O) groups excluding carboxylic acids is 2. The lowest BCUT2D eigenvalue weighted by Gasteiger charge is -2.67. The van der Waals surface area contributed by atoms with Crippen LogP contribution in [0.2, 0.25) is 0 Å². The molecule has 3 amide bonds. The highest BCUT2D eigenvalue weighted by Crippen LogP contribution is 2.58. The van der Waals surface area contributed by atoms with Crippen molar-refractivity contribution in [3.8, 4) is 0 Å². The Labute approximate surface area is 316 Å². The van der Waals surface area contributed by atoms with Gasteiger partial charge in [0, 0.05) is 29.8 Å². The summed E-state index contributed by atoms with van der Waals surface area (Å²) in [5, 5.41) is 86.5. The summed E-state index contributed by atoms with van der Waals surface area (Å²) in [6.07, 6.45) is -0.535. The largest absolute Gasteiger partial charge is 0.481 e. The molecule has 0 aliphatic carbocycles. The summed E-state index contributed by atoms with van der Waals surface area (Å²) in [5.74, 6) is -1.00. The SMILES string of the molecule is CC(=O)NC1(C)C(C)(COC[C@]2(C)OC(C)(CO)[C@](C)(O)C(C)(O)C2(C)O)[C@H](O)C(C)(CO)O[C@]1(C)CC(CCCC(=O)O)C1SC[C@@H]2NC(=O)N[C@H]12. The molecule has 16 nitrogen and oxygen atoms in total. The van der Waals surface area contributed by atoms with Crippen molar-refractivity contribution >= 4 is 29.7 Å². The van der Waals surface area contributed by atoms with Crippen molar-refractivity contribution < 1.29 is 64.3 Å². The van der Waals surface area contributed by atoms with E-state index in [1.807, 2.05) is 0 Å². The first-order valence-corrected chi connectivity index (χ1v) is 19.4. The van der Waals surface area contributed by atoms with Gasteiger partial charge in [-0.1, -0.05) is 6.92 Å². The predicted octanol–water partition coefficient (Wildman–Crippen LogP) is 0.0244. The van der Waals surface area contributed by atoms with Crippen LogP contribution in [0.3, 0.4) is 0 Å². The Morgan fingerprint density at radius 2 is 1.51 bits per heavy atom. The number of carboxylic acid groups (broad SMARTS) is 1. The van der Waals surface area contributed by atoms with Crippen LogP contribution in [0.5, 0.6) is 0 Å². The number of aliphatic hydroxyl groups excluding tert-OH is 3. The van der Waals surface area contributed by atoms with Gasteiger partial charge < -0.3 is 65.9 Å². The van der Waals surface area contributed by atoms with E-state index in [2.05, 4.69) is 16.0 Å². The summed E-state index contributed by atoms with van der Waals surface area (Å²) in [4.78, 5) is 37.0. The molecule has 0 bridgehead atoms. The Balaban J connectivity index is 1.76. The average Bonchev–Trinajstić information content (AvgIpc) is 3.60. The number of carboxylic acids is 1. The number of hydrogen-bond donors (Lipinski definition) is 10. The number of carbonyl (C=O) groups is 3. The minimum Gasteiger partial charge on any atom is -0.481 e. The van der Waals surface area contributed by atoms with E-state index in [0.717, 1.165) is 0 Å². The lowest BCUT2D eigenvalue weighted by Crippen LogP contribution is -2.85. The van der Waals surface area contributed by atoms with Gasteiger partial charge in [-0.25, -0.2) is 4.79 Å². The highest BCUT2D eigenvalue weighted by Gasteiger charge is 2.74. The number of ether oxygens (including phenoxy) is 3. The van der Waals surface area contributed by atoms with Crippen molar-refractivity contribution in [1.82, 2.24) is 16.0 Å². The van der Waals surface area contributed by atoms with Crippen LogP contribution in [-0.2, 0) is 23.8 Å². The summed E-state index contributed by atoms with van der Waals surface area (Å²) >= 11 is 1.66. The van der Waals surface area contributed by atoms with Gasteiger partial charge in [-0.2, -0.15) is 11.8 Å². The van der Waals surface area contributed by atoms with Gasteiger partial charge in [0.05, 0.1) is 55.8 Å². The molecule has 4 saturated heterocycles. The molecule has 0 aromatic heterocycles. The number of amides is 3. The Hall–Kier alpha value is -1.80. The molecule has 4 heterocycles. The number of hydrogen-bond acceptors (Lipinski definition) is 13. The highest BCUT2D eigenvalue weighted by molar-refractivity contribution is 8.00. The van der Waals surface area contributed by atoms with Crippen molar-refractivity contribution in [1.29, 1.82) is 0 Å². The molecular formula is C36H63N3O13S. The fraction of sp³-hybridized carbons (Fsp3) is 0.917. The first kappa shape index (κ1) is 43.9. The molecule has 4 aliphatic heterocycles. The van der Waals surface area contributed by atoms with Gasteiger partial charge in [0.1, 0.15) is 33.6 Å². The molecule has 0 aromatic rings. The number of aliphatic hydroxyl groups is 6. The summed E-state index contributed by atoms with van der Waals surface area (Å²) in [7, 11) is 0. The Bertz CT molecular complexity index is 1420. The van der Waals surface area contributed by atoms with Crippen LogP contribution in [-0.4, -0.2) is 154 Å². The number of urea groups is 1. The molecule has 0 radical (unpaired) electrons. The molecule has 4 rings (SSSR count). The van der Waals surface area contributed by atoms with Crippen LogP contribution in [0.25, 0.3) is 0 Å². The topological polar surface area (TPSA) is 257 Å². The second-order valence-electron chi connectivity index (χ2n) is 17.7. The van der Waals surface area contributed by atoms with Crippen LogP contribution in [0.15, 0.2) is 0 Å². The third-order valence-electron chi connectivity index (χ3n) is 14.0. The van der Waals surface area contributed by atoms with E-state index in [-0.39, 0.29) is 48.7 Å². The number of fused-ring (bicyclic) bond motifs is 1. The molecule has 306 valence electrons. The van der Waals surface area contributed by atoms with Crippen molar-refractivity contribution in [3.63, 3.8) is 0 Å². The standard InChI is InChI=1S/C36H63N3O13S/c1-20(42)39-33(7)28(2,18-50-19-32(6)35(9,48)36(10,49)34(8,47)31(5,17-41)52-32)26(45)29(3,16-40)51-30(33,4)14-21(12-11-13-23(43)44)25-24-22(15-53-25)37-27(46)38-24/h21-22,24-26,40-41,45,47-49H,11-19H2,1-10H3,(H,39,42)(H,43,44)(H2,37,38,46)/t21?,22-,24-,25?,26-,28?,29?,30+,31?,32-,33?,34-,35?,36?/m0/s1. The molecule has 0 aromatic carbocycles. The van der Waals surface area contributed by atoms with Crippen LogP contribution < -0.4 is 16.0 Å². The first-order chi connectivity index (χ1) is 24.1. The van der Waals surface area contributed by atoms with Gasteiger partial charge in [0.15, 0.2) is 0 Å². The maximum absolute atomic E-state index is 13.1. The van der Waals surface area contributed by atoms with Crippen molar-refractivity contribution in [2.75, 3.05) is 32.2 Å². The smallest absolute Gasteiger partial charge is 0.315 e. The normalized spacial score (nSPS) is 48.8. The summed E-state index contributed by atoms with van der Waals surface area (Å²) in [6, 6.07) is -0.641. The molecular weight excluding hydrogens is 714 g/mol. The minimum atomic E-state index is -2.23. The van der Waals surface area contributed by atoms with Gasteiger partial charge in [-0.3, -0.25) is 9.59 Å². The maximum Gasteiger partial charge on any atom is 0.315 e. The number of thioether (sulfide) groups is 1. The van der Waals surface area contributed by atoms with E-state index in [0.29, 0.717) is 18.6 Å². The van der Waals surface area contributed by atoms with Crippen LogP contribution in [0, 0.1) is 11.3 Å². The molecule has 10 N–H and O–H groups in total. The van der Waals surface area contributed by atoms with Gasteiger partial charge in [0.25, 0.3) is 0 Å². The second kappa shape index (κ2) is 14.3. The summed E-state index contributed by atoms with van der Waals surface area (Å²) in [6.45, 7) is 12.8. The van der Waals surface area contributed by atoms with Gasteiger partial charge in [0.2, 0.25) is 5.91 Å². The average molecular weight is 778 g/mol. The van der Waals surface area contributed by atoms with E-state index in [1.54, 1.807) is 39.5 Å². The molecule has 0 spiro atoms. The molecule has 53 heavy (non-hydrogen) atoms. The summed E-state index contributed by atoms with van der Waals surface area (Å²) < 4.78 is 19.4. The van der Waals surface area contributed by atoms with Crippen molar-refractivity contribution in [3.05, 3.63) is 0 Å². The number of aliphatic carboxylic acids is 1. The van der Waals surface area contributed by atoms with Crippen LogP contribution in [0.1, 0.15) is 94.9 Å². The predicted molar refractivity (Wildman–Crippen MR) is 194 cm³/mol. The fourth-order valence-corrected chi connectivity index (χ4v) is 11.3. The third kappa shape index (κ3) is 6.78. The molecule has 0 saturated carbocycles. The quantitative estimate of drug-likeness (QED) is 0.105. The van der Waals surface area contributed by atoms with Crippen molar-refractivity contribution in [2.24, 2.45) is 11.3 Å². The lowest BCUT2D eigenvalue weighted by molar-refractivity contribution is -0.408. The molecule has 14 atom stereocenters. The molecule has 17 heteroatoms. The Morgan fingerprint density at radius 3 is 2.06 bits per heavy atom. The Kier molecular flexibility index (Phi) is 11.8. The maximum atomic E-state index is 13.1. The monoisotopic (exact) mass is 777 g/mol. The zero-order chi connectivity index (χ0) is 40.4. The highest BCUT2D eigenvalue weighted by atomic mass is 32.2. The van der Waals surface area contributed by atoms with E-state index in [9.17, 15) is 50.1 Å². The van der Waals surface area contributed by atoms with E-state index in [1.165, 1.54) is 41.5 Å². The van der Waals surface area contributed by atoms with Gasteiger partial charge in [-0.05, 0) is 80.6 Å².